The Bertz CT molecular complexity index is 1050. The van der Waals surface area contributed by atoms with Crippen LogP contribution in [0.4, 0.5) is 5.69 Å². The first kappa shape index (κ1) is 21.5. The van der Waals surface area contributed by atoms with E-state index in [1.54, 1.807) is 7.11 Å². The molecule has 6 nitrogen and oxygen atoms in total. The molecular weight excluding hydrogens is 398 g/mol. The average molecular weight is 422 g/mol. The number of hydrogen-bond acceptors (Lipinski definition) is 5. The average Bonchev–Trinajstić information content (AvgIpc) is 3.06. The second kappa shape index (κ2) is 9.06. The van der Waals surface area contributed by atoms with Crippen molar-refractivity contribution in [2.24, 2.45) is 0 Å². The summed E-state index contributed by atoms with van der Waals surface area (Å²) in [6, 6.07) is 15.2. The Morgan fingerprint density at radius 1 is 1.20 bits per heavy atom. The third-order valence-electron chi connectivity index (χ3n) is 5.06. The minimum atomic E-state index is -0.508. The van der Waals surface area contributed by atoms with Crippen LogP contribution in [0.1, 0.15) is 16.7 Å². The summed E-state index contributed by atoms with van der Waals surface area (Å²) in [4.78, 5) is 27.2. The highest BCUT2D eigenvalue weighted by molar-refractivity contribution is 8.05. The Morgan fingerprint density at radius 3 is 2.47 bits per heavy atom. The monoisotopic (exact) mass is 421 g/mol. The summed E-state index contributed by atoms with van der Waals surface area (Å²) in [5.41, 5.74) is 3.69. The number of likely N-dealkylation sites (N-methyl/N-ethyl adjacent to an activating group) is 1. The maximum absolute atomic E-state index is 13.4. The lowest BCUT2D eigenvalue weighted by Crippen LogP contribution is -2.31. The van der Waals surface area contributed by atoms with Crippen molar-refractivity contribution in [3.05, 3.63) is 69.8 Å². The van der Waals surface area contributed by atoms with Crippen LogP contribution in [0.3, 0.4) is 0 Å². The zero-order chi connectivity index (χ0) is 21.8. The molecule has 0 aliphatic carbocycles. The van der Waals surface area contributed by atoms with E-state index in [1.165, 1.54) is 23.7 Å². The van der Waals surface area contributed by atoms with Crippen molar-refractivity contribution in [2.75, 3.05) is 19.1 Å². The van der Waals surface area contributed by atoms with Crippen molar-refractivity contribution in [2.45, 2.75) is 25.5 Å². The summed E-state index contributed by atoms with van der Waals surface area (Å²) in [6.07, 6.45) is 0.477. The van der Waals surface area contributed by atoms with Gasteiger partial charge in [0.1, 0.15) is 22.4 Å². The third-order valence-corrected chi connectivity index (χ3v) is 6.32. The predicted octanol–water partition coefficient (Wildman–Crippen LogP) is 3.48. The molecule has 1 heterocycles. The van der Waals surface area contributed by atoms with Gasteiger partial charge in [0.05, 0.1) is 12.4 Å². The van der Waals surface area contributed by atoms with E-state index in [9.17, 15) is 14.9 Å². The van der Waals surface area contributed by atoms with Crippen molar-refractivity contribution in [3.63, 3.8) is 0 Å². The van der Waals surface area contributed by atoms with Gasteiger partial charge in [-0.05, 0) is 61.2 Å². The van der Waals surface area contributed by atoms with Gasteiger partial charge in [-0.2, -0.15) is 5.26 Å². The molecule has 1 aliphatic heterocycles. The molecule has 0 aromatic heterocycles. The summed E-state index contributed by atoms with van der Waals surface area (Å²) in [5, 5.41) is 12.1. The first-order chi connectivity index (χ1) is 14.4. The predicted molar refractivity (Wildman–Crippen MR) is 118 cm³/mol. The van der Waals surface area contributed by atoms with Gasteiger partial charge >= 0.3 is 0 Å². The van der Waals surface area contributed by atoms with Crippen molar-refractivity contribution < 1.29 is 14.3 Å². The van der Waals surface area contributed by atoms with Crippen LogP contribution in [0, 0.1) is 25.2 Å². The fourth-order valence-electron chi connectivity index (χ4n) is 3.19. The lowest BCUT2D eigenvalue weighted by atomic mass is 10.1. The van der Waals surface area contributed by atoms with Crippen LogP contribution in [-0.4, -0.2) is 31.2 Å². The molecule has 3 rings (SSSR count). The van der Waals surface area contributed by atoms with Gasteiger partial charge in [0, 0.05) is 12.7 Å². The number of carbonyl (C=O) groups is 2. The van der Waals surface area contributed by atoms with Crippen molar-refractivity contribution in [1.82, 2.24) is 5.32 Å². The minimum Gasteiger partial charge on any atom is -0.497 e. The Balaban J connectivity index is 2.03. The molecule has 0 saturated carbocycles. The molecular formula is C23H23N3O3S. The Labute approximate surface area is 180 Å². The van der Waals surface area contributed by atoms with Crippen LogP contribution in [0.5, 0.6) is 5.75 Å². The van der Waals surface area contributed by atoms with Crippen LogP contribution in [0.15, 0.2) is 53.1 Å². The molecule has 154 valence electrons. The maximum Gasteiger partial charge on any atom is 0.264 e. The molecule has 1 N–H and O–H groups in total. The molecule has 30 heavy (non-hydrogen) atoms. The summed E-state index contributed by atoms with van der Waals surface area (Å²) < 4.78 is 5.19. The van der Waals surface area contributed by atoms with Crippen LogP contribution in [0.25, 0.3) is 0 Å². The maximum atomic E-state index is 13.4. The van der Waals surface area contributed by atoms with Gasteiger partial charge in [0.25, 0.3) is 5.91 Å². The first-order valence-corrected chi connectivity index (χ1v) is 10.3. The van der Waals surface area contributed by atoms with Gasteiger partial charge in [-0.25, -0.2) is 0 Å². The van der Waals surface area contributed by atoms with Crippen LogP contribution in [0.2, 0.25) is 0 Å². The van der Waals surface area contributed by atoms with Gasteiger partial charge in [-0.3, -0.25) is 14.5 Å². The molecule has 0 bridgehead atoms. The van der Waals surface area contributed by atoms with Crippen LogP contribution in [-0.2, 0) is 16.0 Å². The Kier molecular flexibility index (Phi) is 6.48. The van der Waals surface area contributed by atoms with Crippen LogP contribution < -0.4 is 15.0 Å². The zero-order valence-electron chi connectivity index (χ0n) is 17.4. The minimum absolute atomic E-state index is 0.0636. The quantitative estimate of drug-likeness (QED) is 0.590. The zero-order valence-corrected chi connectivity index (χ0v) is 18.2. The molecule has 2 aromatic rings. The lowest BCUT2D eigenvalue weighted by molar-refractivity contribution is -0.117. The fraction of sp³-hybridized carbons (Fsp3) is 0.261. The highest BCUT2D eigenvalue weighted by atomic mass is 32.2. The van der Waals surface area contributed by atoms with E-state index in [0.29, 0.717) is 17.1 Å². The molecule has 1 atom stereocenters. The van der Waals surface area contributed by atoms with Crippen molar-refractivity contribution in [1.29, 1.82) is 5.26 Å². The van der Waals surface area contributed by atoms with E-state index < -0.39 is 11.2 Å². The molecule has 1 saturated heterocycles. The van der Waals surface area contributed by atoms with E-state index in [2.05, 4.69) is 5.32 Å². The largest absolute Gasteiger partial charge is 0.497 e. The number of rotatable bonds is 5. The summed E-state index contributed by atoms with van der Waals surface area (Å²) in [6.45, 7) is 3.96. The standard InChI is InChI=1S/C23H23N3O3S/c1-14-5-8-17(11-15(14)2)26-22(28)20(12-16-6-9-18(29-4)10-7-16)30-23(26)19(13-24)21(27)25-3/h5-11,20H,12H2,1-4H3,(H,25,27)/b23-19+. The number of nitrogens with zero attached hydrogens (tertiary/aromatic N) is 2. The molecule has 1 fully saturated rings. The molecule has 7 heteroatoms. The highest BCUT2D eigenvalue weighted by Crippen LogP contribution is 2.42. The van der Waals surface area contributed by atoms with E-state index in [4.69, 9.17) is 4.74 Å². The number of amides is 2. The van der Waals surface area contributed by atoms with Crippen molar-refractivity contribution >= 4 is 29.3 Å². The number of aryl methyl sites for hydroxylation is 2. The number of benzene rings is 2. The number of anilines is 1. The third kappa shape index (κ3) is 4.19. The number of carbonyl (C=O) groups excluding carboxylic acids is 2. The van der Waals surface area contributed by atoms with E-state index >= 15 is 0 Å². The molecule has 0 radical (unpaired) electrons. The van der Waals surface area contributed by atoms with Gasteiger partial charge in [-0.15, -0.1) is 0 Å². The Morgan fingerprint density at radius 2 is 1.90 bits per heavy atom. The molecule has 2 aromatic carbocycles. The van der Waals surface area contributed by atoms with Gasteiger partial charge in [0.2, 0.25) is 5.91 Å². The smallest absolute Gasteiger partial charge is 0.264 e. The molecule has 1 unspecified atom stereocenters. The number of methoxy groups -OCH3 is 1. The number of thioether (sulfide) groups is 1. The van der Waals surface area contributed by atoms with Crippen molar-refractivity contribution in [3.8, 4) is 11.8 Å². The Hall–Kier alpha value is -3.24. The lowest BCUT2D eigenvalue weighted by Gasteiger charge is -2.19. The summed E-state index contributed by atoms with van der Waals surface area (Å²) in [7, 11) is 3.07. The molecule has 1 aliphatic rings. The first-order valence-electron chi connectivity index (χ1n) is 9.46. The SMILES string of the molecule is CNC(=O)/C(C#N)=C1/SC(Cc2ccc(OC)cc2)C(=O)N1c1ccc(C)c(C)c1. The van der Waals surface area contributed by atoms with Gasteiger partial charge in [0.15, 0.2) is 0 Å². The van der Waals surface area contributed by atoms with Crippen LogP contribution >= 0.6 is 11.8 Å². The van der Waals surface area contributed by atoms with Gasteiger partial charge < -0.3 is 10.1 Å². The van der Waals surface area contributed by atoms with E-state index in [1.807, 2.05) is 62.4 Å². The number of hydrogen-bond donors (Lipinski definition) is 1. The second-order valence-corrected chi connectivity index (χ2v) is 8.16. The fourth-order valence-corrected chi connectivity index (χ4v) is 4.50. The number of nitriles is 1. The number of nitrogens with one attached hydrogen (secondary N) is 1. The number of ether oxygens (including phenoxy) is 1. The summed E-state index contributed by atoms with van der Waals surface area (Å²) in [5.74, 6) is 0.0883. The molecule has 0 spiro atoms. The topological polar surface area (TPSA) is 82.4 Å². The van der Waals surface area contributed by atoms with E-state index in [-0.39, 0.29) is 11.5 Å². The molecule has 2 amide bonds. The highest BCUT2D eigenvalue weighted by Gasteiger charge is 2.40. The summed E-state index contributed by atoms with van der Waals surface area (Å²) >= 11 is 1.25. The van der Waals surface area contributed by atoms with E-state index in [0.717, 1.165) is 22.4 Å². The normalized spacial score (nSPS) is 17.5. The van der Waals surface area contributed by atoms with Gasteiger partial charge in [-0.1, -0.05) is 30.0 Å². The second-order valence-electron chi connectivity index (χ2n) is 6.97.